The van der Waals surface area contributed by atoms with Gasteiger partial charge in [-0.2, -0.15) is 0 Å². The third-order valence-corrected chi connectivity index (χ3v) is 7.93. The van der Waals surface area contributed by atoms with Crippen molar-refractivity contribution >= 4 is 40.1 Å². The second kappa shape index (κ2) is 9.55. The van der Waals surface area contributed by atoms with Crippen LogP contribution >= 0.6 is 11.3 Å². The summed E-state index contributed by atoms with van der Waals surface area (Å²) in [6, 6.07) is 9.94. The maximum Gasteiger partial charge on any atom is 0.276 e. The smallest absolute Gasteiger partial charge is 0.276 e. The zero-order valence-corrected chi connectivity index (χ0v) is 21.0. The average Bonchev–Trinajstić information content (AvgIpc) is 3.26. The van der Waals surface area contributed by atoms with Crippen molar-refractivity contribution in [2.45, 2.75) is 33.1 Å². The molecular formula is C29H27N3O2S. The Hall–Kier alpha value is -3.64. The van der Waals surface area contributed by atoms with E-state index in [0.29, 0.717) is 18.7 Å². The van der Waals surface area contributed by atoms with E-state index in [4.69, 9.17) is 4.99 Å². The Bertz CT molecular complexity index is 1420. The van der Waals surface area contributed by atoms with Crippen molar-refractivity contribution in [1.82, 2.24) is 0 Å². The van der Waals surface area contributed by atoms with Crippen LogP contribution < -0.4 is 4.90 Å². The number of para-hydroxylation sites is 1. The Morgan fingerprint density at radius 2 is 1.89 bits per heavy atom. The molecule has 1 aromatic heterocycles. The fraction of sp³-hybridized carbons (Fsp3) is 0.241. The Kier molecular flexibility index (Phi) is 6.31. The van der Waals surface area contributed by atoms with Crippen LogP contribution in [0.5, 0.6) is 0 Å². The van der Waals surface area contributed by atoms with Gasteiger partial charge in [-0.25, -0.2) is 4.99 Å². The van der Waals surface area contributed by atoms with Crippen molar-refractivity contribution in [2.24, 2.45) is 9.98 Å². The summed E-state index contributed by atoms with van der Waals surface area (Å²) in [5.41, 5.74) is 7.43. The number of carbonyl (C=O) groups is 2. The number of benzene rings is 1. The Balaban J connectivity index is 1.50. The molecule has 0 saturated heterocycles. The lowest BCUT2D eigenvalue weighted by Crippen LogP contribution is -2.34. The molecule has 0 saturated carbocycles. The van der Waals surface area contributed by atoms with E-state index in [-0.39, 0.29) is 11.7 Å². The van der Waals surface area contributed by atoms with Gasteiger partial charge in [-0.3, -0.25) is 14.6 Å². The number of thiophene rings is 1. The molecule has 0 N–H and O–H groups in total. The third kappa shape index (κ3) is 4.30. The van der Waals surface area contributed by atoms with Gasteiger partial charge in [0.25, 0.3) is 5.91 Å². The number of fused-ring (bicyclic) bond motifs is 3. The van der Waals surface area contributed by atoms with Crippen LogP contribution in [0, 0.1) is 0 Å². The van der Waals surface area contributed by atoms with Gasteiger partial charge in [-0.15, -0.1) is 11.3 Å². The minimum absolute atomic E-state index is 0.0757. The normalized spacial score (nSPS) is 19.5. The van der Waals surface area contributed by atoms with Gasteiger partial charge in [0.1, 0.15) is 5.70 Å². The van der Waals surface area contributed by atoms with E-state index < -0.39 is 0 Å². The maximum atomic E-state index is 13.8. The summed E-state index contributed by atoms with van der Waals surface area (Å²) in [6.45, 7) is 4.20. The number of anilines is 1. The topological polar surface area (TPSA) is 62.1 Å². The first-order chi connectivity index (χ1) is 17.0. The SMILES string of the molecule is C/N=C1/C=CC=C/C1=C(/C)C1=NC(C(=O)N2CCc3cc(C(C)=O)sc3-c3ccccc32)=CCC1. The predicted octanol–water partition coefficient (Wildman–Crippen LogP) is 6.14. The van der Waals surface area contributed by atoms with Crippen LogP contribution in [0.3, 0.4) is 0 Å². The number of allylic oxidation sites excluding steroid dienone is 7. The molecule has 35 heavy (non-hydrogen) atoms. The van der Waals surface area contributed by atoms with Gasteiger partial charge < -0.3 is 4.90 Å². The molecule has 1 amide bonds. The average molecular weight is 482 g/mol. The fourth-order valence-electron chi connectivity index (χ4n) is 4.76. The van der Waals surface area contributed by atoms with E-state index in [1.54, 1.807) is 14.0 Å². The Labute approximate surface area is 209 Å². The first-order valence-electron chi connectivity index (χ1n) is 11.8. The molecule has 2 aromatic rings. The van der Waals surface area contributed by atoms with Crippen LogP contribution in [0.25, 0.3) is 10.4 Å². The van der Waals surface area contributed by atoms with E-state index in [9.17, 15) is 9.59 Å². The van der Waals surface area contributed by atoms with Crippen LogP contribution in [-0.2, 0) is 11.2 Å². The van der Waals surface area contributed by atoms with Crippen molar-refractivity contribution in [1.29, 1.82) is 0 Å². The molecular weight excluding hydrogens is 454 g/mol. The van der Waals surface area contributed by atoms with Gasteiger partial charge >= 0.3 is 0 Å². The van der Waals surface area contributed by atoms with Crippen LogP contribution in [0.2, 0.25) is 0 Å². The molecule has 0 atom stereocenters. The number of Topliss-reactive ketones (excluding diaryl/α,β-unsaturated/α-hetero) is 1. The highest BCUT2D eigenvalue weighted by molar-refractivity contribution is 7.17. The summed E-state index contributed by atoms with van der Waals surface area (Å²) in [4.78, 5) is 38.7. The van der Waals surface area contributed by atoms with Crippen LogP contribution in [-0.4, -0.2) is 36.7 Å². The number of aliphatic imine (C=N–C) groups is 2. The van der Waals surface area contributed by atoms with Crippen molar-refractivity contribution in [3.8, 4) is 10.4 Å². The number of amides is 1. The maximum absolute atomic E-state index is 13.8. The molecule has 1 aliphatic carbocycles. The number of nitrogens with zero attached hydrogens (tertiary/aromatic N) is 3. The molecule has 176 valence electrons. The van der Waals surface area contributed by atoms with E-state index in [1.807, 2.05) is 59.5 Å². The first kappa shape index (κ1) is 23.1. The molecule has 0 spiro atoms. The molecule has 3 heterocycles. The lowest BCUT2D eigenvalue weighted by Gasteiger charge is -2.25. The molecule has 2 aliphatic heterocycles. The second-order valence-electron chi connectivity index (χ2n) is 8.80. The number of carbonyl (C=O) groups excluding carboxylic acids is 2. The fourth-order valence-corrected chi connectivity index (χ4v) is 5.90. The summed E-state index contributed by atoms with van der Waals surface area (Å²) in [5.74, 6) is -0.00959. The van der Waals surface area contributed by atoms with Crippen molar-refractivity contribution in [2.75, 3.05) is 18.5 Å². The molecule has 3 aliphatic rings. The third-order valence-electron chi connectivity index (χ3n) is 6.62. The largest absolute Gasteiger partial charge is 0.306 e. The van der Waals surface area contributed by atoms with Crippen LogP contribution in [0.1, 0.15) is 41.9 Å². The summed E-state index contributed by atoms with van der Waals surface area (Å²) < 4.78 is 0. The van der Waals surface area contributed by atoms with Gasteiger partial charge in [-0.1, -0.05) is 42.5 Å². The quantitative estimate of drug-likeness (QED) is 0.495. The second-order valence-corrected chi connectivity index (χ2v) is 9.85. The first-order valence-corrected chi connectivity index (χ1v) is 12.7. The molecule has 1 aromatic carbocycles. The molecule has 0 radical (unpaired) electrons. The van der Waals surface area contributed by atoms with E-state index >= 15 is 0 Å². The van der Waals surface area contributed by atoms with Crippen molar-refractivity contribution < 1.29 is 9.59 Å². The monoisotopic (exact) mass is 481 g/mol. The number of ketones is 1. The van der Waals surface area contributed by atoms with Gasteiger partial charge in [0.15, 0.2) is 5.78 Å². The predicted molar refractivity (Wildman–Crippen MR) is 145 cm³/mol. The number of hydrogen-bond donors (Lipinski definition) is 0. The lowest BCUT2D eigenvalue weighted by molar-refractivity contribution is -0.115. The highest BCUT2D eigenvalue weighted by Gasteiger charge is 2.29. The molecule has 6 heteroatoms. The summed E-state index contributed by atoms with van der Waals surface area (Å²) in [5, 5.41) is 0. The standard InChI is InChI=1S/C29H27N3O2S/c1-18(21-9-4-6-11-24(21)30-3)23-12-8-13-25(31-23)29(34)32-16-15-20-17-27(19(2)33)35-28(20)22-10-5-7-14-26(22)32/h4-7,9-11,13-14,17H,8,12,15-16H2,1-3H3/b21-18+,30-24-. The van der Waals surface area contributed by atoms with Gasteiger partial charge in [0, 0.05) is 35.3 Å². The molecule has 5 nitrogen and oxygen atoms in total. The number of rotatable bonds is 3. The van der Waals surface area contributed by atoms with E-state index in [2.05, 4.69) is 18.0 Å². The summed E-state index contributed by atoms with van der Waals surface area (Å²) in [7, 11) is 1.79. The molecule has 5 rings (SSSR count). The Morgan fingerprint density at radius 3 is 2.69 bits per heavy atom. The highest BCUT2D eigenvalue weighted by Crippen LogP contribution is 2.42. The van der Waals surface area contributed by atoms with E-state index in [1.165, 1.54) is 11.3 Å². The van der Waals surface area contributed by atoms with Crippen molar-refractivity contribution in [3.05, 3.63) is 88.0 Å². The lowest BCUT2D eigenvalue weighted by atomic mass is 9.94. The number of hydrogen-bond acceptors (Lipinski definition) is 5. The van der Waals surface area contributed by atoms with E-state index in [0.717, 1.165) is 62.0 Å². The zero-order valence-electron chi connectivity index (χ0n) is 20.2. The highest BCUT2D eigenvalue weighted by atomic mass is 32.1. The van der Waals surface area contributed by atoms with Gasteiger partial charge in [0.2, 0.25) is 0 Å². The van der Waals surface area contributed by atoms with Crippen LogP contribution in [0.15, 0.2) is 87.5 Å². The van der Waals surface area contributed by atoms with Crippen molar-refractivity contribution in [3.63, 3.8) is 0 Å². The molecule has 0 unspecified atom stereocenters. The zero-order chi connectivity index (χ0) is 24.5. The minimum atomic E-state index is -0.0853. The van der Waals surface area contributed by atoms with Gasteiger partial charge in [-0.05, 0) is 62.5 Å². The Morgan fingerprint density at radius 1 is 1.09 bits per heavy atom. The minimum Gasteiger partial charge on any atom is -0.306 e. The summed E-state index contributed by atoms with van der Waals surface area (Å²) in [6.07, 6.45) is 12.2. The summed E-state index contributed by atoms with van der Waals surface area (Å²) >= 11 is 1.51. The van der Waals surface area contributed by atoms with Gasteiger partial charge in [0.05, 0.1) is 16.3 Å². The molecule has 0 fully saturated rings. The van der Waals surface area contributed by atoms with Crippen LogP contribution in [0.4, 0.5) is 5.69 Å². The molecule has 0 bridgehead atoms.